The highest BCUT2D eigenvalue weighted by molar-refractivity contribution is 7.71. The normalized spacial score (nSPS) is 13.2. The maximum atomic E-state index is 5.59. The van der Waals surface area contributed by atoms with Gasteiger partial charge in [-0.2, -0.15) is 0 Å². The van der Waals surface area contributed by atoms with E-state index in [2.05, 4.69) is 9.97 Å². The van der Waals surface area contributed by atoms with Gasteiger partial charge in [0.2, 0.25) is 0 Å². The van der Waals surface area contributed by atoms with Gasteiger partial charge in [0.15, 0.2) is 11.5 Å². The van der Waals surface area contributed by atoms with Crippen LogP contribution in [0, 0.1) is 4.64 Å². The van der Waals surface area contributed by atoms with Crippen molar-refractivity contribution in [1.82, 2.24) is 9.97 Å². The maximum Gasteiger partial charge on any atom is 0.162 e. The molecule has 5 nitrogen and oxygen atoms in total. The number of benzene rings is 1. The van der Waals surface area contributed by atoms with Crippen LogP contribution in [0.5, 0.6) is 11.5 Å². The number of aromatic nitrogens is 2. The summed E-state index contributed by atoms with van der Waals surface area (Å²) in [6, 6.07) is 7.62. The van der Waals surface area contributed by atoms with E-state index in [1.807, 2.05) is 24.3 Å². The molecular weight excluding hydrogens is 276 g/mol. The summed E-state index contributed by atoms with van der Waals surface area (Å²) in [6.45, 7) is 1.54. The Morgan fingerprint density at radius 2 is 2.05 bits per heavy atom. The van der Waals surface area contributed by atoms with Crippen LogP contribution in [0.4, 0.5) is 0 Å². The van der Waals surface area contributed by atoms with Gasteiger partial charge in [0.1, 0.15) is 30.3 Å². The molecule has 0 atom stereocenters. The summed E-state index contributed by atoms with van der Waals surface area (Å²) in [6.07, 6.45) is 0. The van der Waals surface area contributed by atoms with E-state index in [9.17, 15) is 0 Å². The number of nitrogens with zero attached hydrogens (tertiary/aromatic N) is 1. The fourth-order valence-electron chi connectivity index (χ4n) is 2.08. The van der Waals surface area contributed by atoms with Crippen molar-refractivity contribution in [2.75, 3.05) is 20.3 Å². The van der Waals surface area contributed by atoms with Gasteiger partial charge in [-0.05, 0) is 24.3 Å². The molecule has 1 aliphatic rings. The lowest BCUT2D eigenvalue weighted by atomic mass is 10.1. The van der Waals surface area contributed by atoms with Gasteiger partial charge in [-0.25, -0.2) is 4.98 Å². The first-order valence-corrected chi connectivity index (χ1v) is 6.66. The SMILES string of the molecule is COCc1nc(=S)cc(-c2ccc3c(c2)OCCO3)[nH]1. The van der Waals surface area contributed by atoms with Crippen molar-refractivity contribution in [2.24, 2.45) is 0 Å². The number of ether oxygens (including phenoxy) is 3. The summed E-state index contributed by atoms with van der Waals surface area (Å²) in [5.41, 5.74) is 1.86. The van der Waals surface area contributed by atoms with Crippen molar-refractivity contribution in [1.29, 1.82) is 0 Å². The lowest BCUT2D eigenvalue weighted by molar-refractivity contribution is 0.171. The fraction of sp³-hybridized carbons (Fsp3) is 0.286. The first kappa shape index (κ1) is 13.1. The Balaban J connectivity index is 2.02. The minimum Gasteiger partial charge on any atom is -0.486 e. The van der Waals surface area contributed by atoms with E-state index in [0.717, 1.165) is 22.8 Å². The molecule has 1 aromatic heterocycles. The van der Waals surface area contributed by atoms with Crippen LogP contribution in [-0.2, 0) is 11.3 Å². The van der Waals surface area contributed by atoms with Crippen molar-refractivity contribution in [3.63, 3.8) is 0 Å². The highest BCUT2D eigenvalue weighted by Crippen LogP contribution is 2.33. The van der Waals surface area contributed by atoms with Crippen molar-refractivity contribution in [2.45, 2.75) is 6.61 Å². The minimum atomic E-state index is 0.391. The zero-order valence-electron chi connectivity index (χ0n) is 11.0. The van der Waals surface area contributed by atoms with Crippen LogP contribution >= 0.6 is 12.2 Å². The average molecular weight is 290 g/mol. The van der Waals surface area contributed by atoms with Gasteiger partial charge in [-0.3, -0.25) is 0 Å². The molecule has 2 heterocycles. The standard InChI is InChI=1S/C14H14N2O3S/c1-17-8-13-15-10(7-14(20)16-13)9-2-3-11-12(6-9)19-5-4-18-11/h2-3,6-7H,4-5,8H2,1H3,(H,15,16,20). The van der Waals surface area contributed by atoms with E-state index < -0.39 is 0 Å². The van der Waals surface area contributed by atoms with Crippen molar-refractivity contribution in [3.05, 3.63) is 34.7 Å². The summed E-state index contributed by atoms with van der Waals surface area (Å²) < 4.78 is 16.7. The maximum absolute atomic E-state index is 5.59. The molecule has 0 saturated heterocycles. The summed E-state index contributed by atoms with van der Waals surface area (Å²) >= 11 is 5.18. The molecule has 1 aliphatic heterocycles. The Morgan fingerprint density at radius 1 is 1.25 bits per heavy atom. The Kier molecular flexibility index (Phi) is 3.66. The molecule has 0 radical (unpaired) electrons. The third-order valence-electron chi connectivity index (χ3n) is 2.93. The average Bonchev–Trinajstić information content (AvgIpc) is 2.46. The molecule has 0 unspecified atom stereocenters. The molecule has 0 bridgehead atoms. The summed E-state index contributed by atoms with van der Waals surface area (Å²) in [5, 5.41) is 0. The molecule has 3 rings (SSSR count). The van der Waals surface area contributed by atoms with Gasteiger partial charge < -0.3 is 19.2 Å². The fourth-order valence-corrected chi connectivity index (χ4v) is 2.31. The molecule has 0 amide bonds. The molecule has 0 aliphatic carbocycles. The second kappa shape index (κ2) is 5.60. The van der Waals surface area contributed by atoms with Crippen LogP contribution < -0.4 is 9.47 Å². The number of aromatic amines is 1. The number of fused-ring (bicyclic) bond motifs is 1. The third kappa shape index (κ3) is 2.66. The monoisotopic (exact) mass is 290 g/mol. The van der Waals surface area contributed by atoms with Crippen molar-refractivity contribution >= 4 is 12.2 Å². The van der Waals surface area contributed by atoms with Gasteiger partial charge in [-0.15, -0.1) is 0 Å². The lowest BCUT2D eigenvalue weighted by Crippen LogP contribution is -2.15. The van der Waals surface area contributed by atoms with Gasteiger partial charge in [0.25, 0.3) is 0 Å². The molecular formula is C14H14N2O3S. The van der Waals surface area contributed by atoms with Crippen LogP contribution in [0.15, 0.2) is 24.3 Å². The second-order valence-electron chi connectivity index (χ2n) is 4.37. The van der Waals surface area contributed by atoms with Gasteiger partial charge in [-0.1, -0.05) is 12.2 Å². The molecule has 0 spiro atoms. The number of H-pyrrole nitrogens is 1. The predicted octanol–water partition coefficient (Wildman–Crippen LogP) is 2.72. The van der Waals surface area contributed by atoms with Crippen LogP contribution in [0.2, 0.25) is 0 Å². The first-order chi connectivity index (χ1) is 9.76. The quantitative estimate of drug-likeness (QED) is 0.881. The van der Waals surface area contributed by atoms with Gasteiger partial charge in [0, 0.05) is 18.4 Å². The topological polar surface area (TPSA) is 56.4 Å². The number of hydrogen-bond acceptors (Lipinski definition) is 5. The van der Waals surface area contributed by atoms with E-state index in [0.29, 0.717) is 30.3 Å². The van der Waals surface area contributed by atoms with E-state index in [1.54, 1.807) is 7.11 Å². The van der Waals surface area contributed by atoms with Crippen molar-refractivity contribution in [3.8, 4) is 22.8 Å². The molecule has 0 saturated carbocycles. The third-order valence-corrected chi connectivity index (χ3v) is 3.14. The van der Waals surface area contributed by atoms with E-state index >= 15 is 0 Å². The summed E-state index contributed by atoms with van der Waals surface area (Å²) in [7, 11) is 1.62. The van der Waals surface area contributed by atoms with E-state index in [4.69, 9.17) is 26.4 Å². The molecule has 1 N–H and O–H groups in total. The highest BCUT2D eigenvalue weighted by atomic mass is 32.1. The zero-order valence-corrected chi connectivity index (χ0v) is 11.8. The van der Waals surface area contributed by atoms with Crippen molar-refractivity contribution < 1.29 is 14.2 Å². The van der Waals surface area contributed by atoms with E-state index in [1.165, 1.54) is 0 Å². The van der Waals surface area contributed by atoms with Crippen LogP contribution in [0.1, 0.15) is 5.82 Å². The van der Waals surface area contributed by atoms with Gasteiger partial charge in [0.05, 0.1) is 0 Å². The second-order valence-corrected chi connectivity index (χ2v) is 4.79. The molecule has 2 aromatic rings. The molecule has 1 aromatic carbocycles. The summed E-state index contributed by atoms with van der Waals surface area (Å²) in [5.74, 6) is 2.22. The van der Waals surface area contributed by atoms with Crippen LogP contribution in [0.25, 0.3) is 11.3 Å². The number of hydrogen-bond donors (Lipinski definition) is 1. The number of methoxy groups -OCH3 is 1. The largest absolute Gasteiger partial charge is 0.486 e. The number of rotatable bonds is 3. The lowest BCUT2D eigenvalue weighted by Gasteiger charge is -2.19. The van der Waals surface area contributed by atoms with Gasteiger partial charge >= 0.3 is 0 Å². The minimum absolute atomic E-state index is 0.391. The molecule has 6 heteroatoms. The highest BCUT2D eigenvalue weighted by Gasteiger charge is 2.13. The zero-order chi connectivity index (χ0) is 13.9. The Labute approximate surface area is 121 Å². The smallest absolute Gasteiger partial charge is 0.162 e. The molecule has 104 valence electrons. The molecule has 20 heavy (non-hydrogen) atoms. The predicted molar refractivity (Wildman–Crippen MR) is 76.6 cm³/mol. The first-order valence-electron chi connectivity index (χ1n) is 6.25. The Morgan fingerprint density at radius 3 is 2.85 bits per heavy atom. The Bertz CT molecular complexity index is 684. The summed E-state index contributed by atoms with van der Waals surface area (Å²) in [4.78, 5) is 7.42. The van der Waals surface area contributed by atoms with E-state index in [-0.39, 0.29) is 0 Å². The Hall–Kier alpha value is -1.92. The molecule has 0 fully saturated rings. The van der Waals surface area contributed by atoms with Crippen LogP contribution in [-0.4, -0.2) is 30.3 Å². The van der Waals surface area contributed by atoms with Crippen LogP contribution in [0.3, 0.4) is 0 Å². The number of nitrogens with one attached hydrogen (secondary N) is 1.